The van der Waals surface area contributed by atoms with Gasteiger partial charge in [-0.3, -0.25) is 0 Å². The van der Waals surface area contributed by atoms with Crippen LogP contribution in [0.1, 0.15) is 30.8 Å². The fraction of sp³-hybridized carbons (Fsp3) is 0.312. The van der Waals surface area contributed by atoms with Crippen molar-refractivity contribution in [1.82, 2.24) is 19.9 Å². The minimum atomic E-state index is 0.268. The Bertz CT molecular complexity index is 682. The number of para-hydroxylation sites is 1. The number of hydrogen-bond acceptors (Lipinski definition) is 2. The summed E-state index contributed by atoms with van der Waals surface area (Å²) < 4.78 is 2.18. The molecule has 2 N–H and O–H groups in total. The SMILES string of the molecule is CCC(NCc1cn(C)c2ccccc12)c1ncc[nH]1. The molecule has 0 saturated carbocycles. The lowest BCUT2D eigenvalue weighted by Crippen LogP contribution is -2.21. The van der Waals surface area contributed by atoms with Crippen molar-refractivity contribution >= 4 is 10.9 Å². The quantitative estimate of drug-likeness (QED) is 0.746. The van der Waals surface area contributed by atoms with E-state index in [1.54, 1.807) is 6.20 Å². The number of fused-ring (bicyclic) bond motifs is 1. The number of aromatic nitrogens is 3. The predicted octanol–water partition coefficient (Wildman–Crippen LogP) is 3.14. The third-order valence-electron chi connectivity index (χ3n) is 3.78. The van der Waals surface area contributed by atoms with Gasteiger partial charge >= 0.3 is 0 Å². The first kappa shape index (κ1) is 12.9. The van der Waals surface area contributed by atoms with Gasteiger partial charge in [0.2, 0.25) is 0 Å². The van der Waals surface area contributed by atoms with Gasteiger partial charge in [-0.25, -0.2) is 4.98 Å². The van der Waals surface area contributed by atoms with Crippen LogP contribution in [-0.4, -0.2) is 14.5 Å². The van der Waals surface area contributed by atoms with Crippen molar-refractivity contribution in [3.05, 3.63) is 54.2 Å². The van der Waals surface area contributed by atoms with Crippen LogP contribution in [0.5, 0.6) is 0 Å². The summed E-state index contributed by atoms with van der Waals surface area (Å²) >= 11 is 0. The van der Waals surface area contributed by atoms with Crippen LogP contribution in [0.15, 0.2) is 42.9 Å². The minimum Gasteiger partial charge on any atom is -0.350 e. The average Bonchev–Trinajstić information content (AvgIpc) is 3.10. The molecule has 1 unspecified atom stereocenters. The number of nitrogens with zero attached hydrogens (tertiary/aromatic N) is 2. The summed E-state index contributed by atoms with van der Waals surface area (Å²) in [7, 11) is 2.09. The largest absolute Gasteiger partial charge is 0.350 e. The zero-order chi connectivity index (χ0) is 13.9. The number of benzene rings is 1. The van der Waals surface area contributed by atoms with Crippen LogP contribution >= 0.6 is 0 Å². The van der Waals surface area contributed by atoms with Crippen LogP contribution in [-0.2, 0) is 13.6 Å². The Morgan fingerprint density at radius 3 is 2.95 bits per heavy atom. The maximum Gasteiger partial charge on any atom is 0.123 e. The van der Waals surface area contributed by atoms with E-state index in [0.29, 0.717) is 0 Å². The maximum atomic E-state index is 4.34. The fourth-order valence-electron chi connectivity index (χ4n) is 2.70. The highest BCUT2D eigenvalue weighted by atomic mass is 15.0. The smallest absolute Gasteiger partial charge is 0.123 e. The van der Waals surface area contributed by atoms with E-state index in [-0.39, 0.29) is 6.04 Å². The van der Waals surface area contributed by atoms with Crippen molar-refractivity contribution in [1.29, 1.82) is 0 Å². The molecule has 0 fully saturated rings. The molecule has 4 heteroatoms. The topological polar surface area (TPSA) is 45.6 Å². The van der Waals surface area contributed by atoms with E-state index < -0.39 is 0 Å². The van der Waals surface area contributed by atoms with Gasteiger partial charge in [0, 0.05) is 43.1 Å². The number of nitrogens with one attached hydrogen (secondary N) is 2. The molecule has 2 aromatic heterocycles. The van der Waals surface area contributed by atoms with Crippen LogP contribution < -0.4 is 5.32 Å². The van der Waals surface area contributed by atoms with Crippen LogP contribution in [0.4, 0.5) is 0 Å². The molecule has 0 saturated heterocycles. The summed E-state index contributed by atoms with van der Waals surface area (Å²) in [4.78, 5) is 7.53. The molecule has 2 heterocycles. The van der Waals surface area contributed by atoms with Crippen LogP contribution in [0.3, 0.4) is 0 Å². The molecule has 1 atom stereocenters. The number of aromatic amines is 1. The summed E-state index contributed by atoms with van der Waals surface area (Å²) in [6.07, 6.45) is 6.89. The Labute approximate surface area is 118 Å². The number of aryl methyl sites for hydroxylation is 1. The van der Waals surface area contributed by atoms with Gasteiger partial charge in [0.1, 0.15) is 5.82 Å². The Morgan fingerprint density at radius 2 is 2.20 bits per heavy atom. The van der Waals surface area contributed by atoms with Gasteiger partial charge in [0.15, 0.2) is 0 Å². The standard InChI is InChI=1S/C16H20N4/c1-3-14(16-17-8-9-18-16)19-10-12-11-20(2)15-7-5-4-6-13(12)15/h4-9,11,14,19H,3,10H2,1-2H3,(H,17,18). The normalized spacial score (nSPS) is 12.9. The number of hydrogen-bond donors (Lipinski definition) is 2. The molecular weight excluding hydrogens is 248 g/mol. The van der Waals surface area contributed by atoms with Gasteiger partial charge in [0.25, 0.3) is 0 Å². The Kier molecular flexibility index (Phi) is 3.56. The monoisotopic (exact) mass is 268 g/mol. The van der Waals surface area contributed by atoms with Gasteiger partial charge in [0.05, 0.1) is 6.04 Å². The van der Waals surface area contributed by atoms with Crippen molar-refractivity contribution in [3.63, 3.8) is 0 Å². The highest BCUT2D eigenvalue weighted by Crippen LogP contribution is 2.21. The molecule has 0 bridgehead atoms. The molecule has 4 nitrogen and oxygen atoms in total. The third kappa shape index (κ3) is 2.34. The highest BCUT2D eigenvalue weighted by Gasteiger charge is 2.12. The van der Waals surface area contributed by atoms with Crippen molar-refractivity contribution < 1.29 is 0 Å². The first-order valence-electron chi connectivity index (χ1n) is 7.05. The summed E-state index contributed by atoms with van der Waals surface area (Å²) in [5.41, 5.74) is 2.60. The molecule has 0 aliphatic rings. The molecule has 104 valence electrons. The molecule has 0 amide bonds. The van der Waals surface area contributed by atoms with Crippen molar-refractivity contribution in [3.8, 4) is 0 Å². The van der Waals surface area contributed by atoms with Gasteiger partial charge in [-0.2, -0.15) is 0 Å². The van der Waals surface area contributed by atoms with E-state index in [1.807, 2.05) is 6.20 Å². The molecule has 0 spiro atoms. The number of H-pyrrole nitrogens is 1. The zero-order valence-electron chi connectivity index (χ0n) is 11.9. The highest BCUT2D eigenvalue weighted by molar-refractivity contribution is 5.83. The Balaban J connectivity index is 1.80. The van der Waals surface area contributed by atoms with Crippen LogP contribution in [0, 0.1) is 0 Å². The predicted molar refractivity (Wildman–Crippen MR) is 81.4 cm³/mol. The molecule has 0 aliphatic heterocycles. The average molecular weight is 268 g/mol. The van der Waals surface area contributed by atoms with Gasteiger partial charge in [-0.1, -0.05) is 25.1 Å². The summed E-state index contributed by atoms with van der Waals surface area (Å²) in [5, 5.41) is 4.90. The molecule has 0 radical (unpaired) electrons. The Morgan fingerprint density at radius 1 is 1.35 bits per heavy atom. The van der Waals surface area contributed by atoms with Gasteiger partial charge < -0.3 is 14.9 Å². The second-order valence-corrected chi connectivity index (χ2v) is 5.10. The summed E-state index contributed by atoms with van der Waals surface area (Å²) in [6, 6.07) is 8.78. The molecule has 0 aliphatic carbocycles. The first-order valence-corrected chi connectivity index (χ1v) is 7.05. The Hall–Kier alpha value is -2.07. The molecule has 20 heavy (non-hydrogen) atoms. The summed E-state index contributed by atoms with van der Waals surface area (Å²) in [6.45, 7) is 3.02. The van der Waals surface area contributed by atoms with Crippen molar-refractivity contribution in [2.75, 3.05) is 0 Å². The van der Waals surface area contributed by atoms with E-state index in [2.05, 4.69) is 64.3 Å². The van der Waals surface area contributed by atoms with Crippen LogP contribution in [0.25, 0.3) is 10.9 Å². The molecular formula is C16H20N4. The van der Waals surface area contributed by atoms with E-state index in [1.165, 1.54) is 16.5 Å². The van der Waals surface area contributed by atoms with E-state index in [9.17, 15) is 0 Å². The maximum absolute atomic E-state index is 4.34. The van der Waals surface area contributed by atoms with Gasteiger partial charge in [-0.15, -0.1) is 0 Å². The lowest BCUT2D eigenvalue weighted by atomic mass is 10.1. The van der Waals surface area contributed by atoms with Gasteiger partial charge in [-0.05, 0) is 18.1 Å². The van der Waals surface area contributed by atoms with E-state index in [0.717, 1.165) is 18.8 Å². The third-order valence-corrected chi connectivity index (χ3v) is 3.78. The van der Waals surface area contributed by atoms with E-state index in [4.69, 9.17) is 0 Å². The second kappa shape index (κ2) is 5.51. The number of imidazole rings is 1. The second-order valence-electron chi connectivity index (χ2n) is 5.10. The lowest BCUT2D eigenvalue weighted by molar-refractivity contribution is 0.498. The molecule has 1 aromatic carbocycles. The van der Waals surface area contributed by atoms with E-state index >= 15 is 0 Å². The van der Waals surface area contributed by atoms with Crippen molar-refractivity contribution in [2.24, 2.45) is 7.05 Å². The summed E-state index contributed by atoms with van der Waals surface area (Å²) in [5.74, 6) is 1.01. The number of rotatable bonds is 5. The van der Waals surface area contributed by atoms with Crippen molar-refractivity contribution in [2.45, 2.75) is 25.9 Å². The zero-order valence-corrected chi connectivity index (χ0v) is 11.9. The fourth-order valence-corrected chi connectivity index (χ4v) is 2.70. The lowest BCUT2D eigenvalue weighted by Gasteiger charge is -2.14. The first-order chi connectivity index (χ1) is 9.79. The molecule has 3 rings (SSSR count). The molecule has 3 aromatic rings. The van der Waals surface area contributed by atoms with Crippen LogP contribution in [0.2, 0.25) is 0 Å². The minimum absolute atomic E-state index is 0.268.